The molecule has 3 nitrogen and oxygen atoms in total. The maximum Gasteiger partial charge on any atom is 0.0636 e. The molecule has 0 atom stereocenters. The summed E-state index contributed by atoms with van der Waals surface area (Å²) in [5.74, 6) is 0. The molecule has 0 spiro atoms. The van der Waals surface area contributed by atoms with Crippen LogP contribution in [-0.4, -0.2) is 5.21 Å². The smallest absolute Gasteiger partial charge is 0.0636 e. The predicted octanol–water partition coefficient (Wildman–Crippen LogP) is 0.982. The topological polar surface area (TPSA) is 45.0 Å². The van der Waals surface area contributed by atoms with Crippen LogP contribution in [0, 0.1) is 0 Å². The van der Waals surface area contributed by atoms with Gasteiger partial charge in [-0.25, -0.2) is 0 Å². The lowest BCUT2D eigenvalue weighted by Crippen LogP contribution is -1.31. The number of hydrogen-bond acceptors (Lipinski definition) is 2. The molecule has 0 aliphatic rings. The summed E-state index contributed by atoms with van der Waals surface area (Å²) in [6, 6.07) is 0. The SMILES string of the molecule is ON=NCl. The fraction of sp³-hybridized carbons (Fsp3) is 0. The summed E-state index contributed by atoms with van der Waals surface area (Å²) in [4.78, 5) is 0. The van der Waals surface area contributed by atoms with Gasteiger partial charge in [0.1, 0.15) is 0 Å². The molecule has 0 aliphatic carbocycles. The van der Waals surface area contributed by atoms with Crippen LogP contribution in [0.3, 0.4) is 0 Å². The molecule has 0 aromatic heterocycles. The lowest BCUT2D eigenvalue weighted by molar-refractivity contribution is 0.292. The summed E-state index contributed by atoms with van der Waals surface area (Å²) < 4.78 is 2.39. The second-order valence-corrected chi connectivity index (χ2v) is 0.316. The van der Waals surface area contributed by atoms with E-state index in [1.807, 2.05) is 0 Å². The number of nitrogens with zero attached hydrogens (tertiary/aromatic N) is 2. The molecule has 4 heavy (non-hydrogen) atoms. The Kier molecular flexibility index (Phi) is 2.48. The standard InChI is InChI=1S/ClHN2O/c1-2-3-4/h(H,2,4). The highest BCUT2D eigenvalue weighted by Crippen LogP contribution is 1.69. The fourth-order valence-electron chi connectivity index (χ4n) is 0. The van der Waals surface area contributed by atoms with Crippen molar-refractivity contribution in [1.82, 2.24) is 0 Å². The average Bonchev–Trinajstić information content (AvgIpc) is 1.37. The van der Waals surface area contributed by atoms with Gasteiger partial charge in [-0.2, -0.15) is 0 Å². The fourth-order valence-corrected chi connectivity index (χ4v) is 0. The largest absolute Gasteiger partial charge is 0.394 e. The summed E-state index contributed by atoms with van der Waals surface area (Å²) in [5.41, 5.74) is 0. The Hall–Kier alpha value is -0.310. The van der Waals surface area contributed by atoms with Crippen LogP contribution in [0.15, 0.2) is 9.91 Å². The van der Waals surface area contributed by atoms with E-state index in [1.165, 1.54) is 0 Å². The number of hydrogen-bond donors (Lipinski definition) is 1. The summed E-state index contributed by atoms with van der Waals surface area (Å²) >= 11 is 4.39. The van der Waals surface area contributed by atoms with Crippen LogP contribution in [0.4, 0.5) is 0 Å². The first-order valence-electron chi connectivity index (χ1n) is 0.569. The van der Waals surface area contributed by atoms with Crippen molar-refractivity contribution < 1.29 is 5.21 Å². The maximum atomic E-state index is 7.20. The Labute approximate surface area is 28.0 Å². The first kappa shape index (κ1) is 3.69. The van der Waals surface area contributed by atoms with Crippen LogP contribution in [0.5, 0.6) is 0 Å². The predicted molar refractivity (Wildman–Crippen MR) is 12.5 cm³/mol. The first-order chi connectivity index (χ1) is 1.91. The molecule has 0 bridgehead atoms. The lowest BCUT2D eigenvalue weighted by Gasteiger charge is -1.49. The molecule has 1 N–H and O–H groups in total. The third-order valence-corrected chi connectivity index (χ3v) is 0.101. The van der Waals surface area contributed by atoms with Gasteiger partial charge >= 0.3 is 0 Å². The van der Waals surface area contributed by atoms with Crippen LogP contribution in [-0.2, 0) is 0 Å². The van der Waals surface area contributed by atoms with Crippen LogP contribution in [0.1, 0.15) is 0 Å². The van der Waals surface area contributed by atoms with Crippen molar-refractivity contribution in [3.05, 3.63) is 0 Å². The third kappa shape index (κ3) is 1.69. The molecule has 0 amide bonds. The van der Waals surface area contributed by atoms with Gasteiger partial charge in [0, 0.05) is 5.28 Å². The minimum atomic E-state index is 2.13. The van der Waals surface area contributed by atoms with Crippen molar-refractivity contribution in [2.24, 2.45) is 9.91 Å². The molecule has 0 radical (unpaired) electrons. The molecule has 0 unspecified atom stereocenters. The Balaban J connectivity index is 2.55. The van der Waals surface area contributed by atoms with E-state index >= 15 is 0 Å². The normalized spacial score (nSPS) is 9.25. The van der Waals surface area contributed by atoms with E-state index in [1.54, 1.807) is 0 Å². The van der Waals surface area contributed by atoms with Gasteiger partial charge in [-0.05, 0) is 4.63 Å². The van der Waals surface area contributed by atoms with Crippen molar-refractivity contribution in [2.75, 3.05) is 0 Å². The molecule has 0 aromatic rings. The minimum absolute atomic E-state index is 2.13. The van der Waals surface area contributed by atoms with Gasteiger partial charge in [-0.15, -0.1) is 0 Å². The van der Waals surface area contributed by atoms with Gasteiger partial charge < -0.3 is 5.21 Å². The molecule has 4 heteroatoms. The zero-order chi connectivity index (χ0) is 3.41. The summed E-state index contributed by atoms with van der Waals surface area (Å²) in [7, 11) is 0. The van der Waals surface area contributed by atoms with E-state index in [2.05, 4.69) is 21.7 Å². The third-order valence-electron chi connectivity index (χ3n) is 0.0338. The van der Waals surface area contributed by atoms with Gasteiger partial charge in [-0.3, -0.25) is 0 Å². The highest BCUT2D eigenvalue weighted by Gasteiger charge is 1.37. The van der Waals surface area contributed by atoms with Crippen molar-refractivity contribution in [3.63, 3.8) is 0 Å². The zero-order valence-corrected chi connectivity index (χ0v) is 2.48. The van der Waals surface area contributed by atoms with E-state index in [9.17, 15) is 0 Å². The van der Waals surface area contributed by atoms with Crippen molar-refractivity contribution in [3.8, 4) is 0 Å². The highest BCUT2D eigenvalue weighted by molar-refractivity contribution is 6.13. The van der Waals surface area contributed by atoms with E-state index in [0.29, 0.717) is 0 Å². The van der Waals surface area contributed by atoms with Crippen molar-refractivity contribution in [2.45, 2.75) is 0 Å². The molecule has 0 heterocycles. The molecule has 0 aromatic carbocycles. The number of rotatable bonds is 0. The highest BCUT2D eigenvalue weighted by atomic mass is 35.5. The second kappa shape index (κ2) is 2.69. The van der Waals surface area contributed by atoms with Gasteiger partial charge in [0.05, 0.1) is 11.8 Å². The Morgan fingerprint density at radius 1 is 1.75 bits per heavy atom. The molecular weight excluding hydrogens is 79.5 g/mol. The van der Waals surface area contributed by atoms with Crippen LogP contribution >= 0.6 is 11.8 Å². The molecular formula is HClN2O. The van der Waals surface area contributed by atoms with Gasteiger partial charge in [0.2, 0.25) is 0 Å². The van der Waals surface area contributed by atoms with E-state index in [0.717, 1.165) is 0 Å². The van der Waals surface area contributed by atoms with Gasteiger partial charge in [0.25, 0.3) is 0 Å². The average molecular weight is 80.5 g/mol. The molecule has 24 valence electrons. The summed E-state index contributed by atoms with van der Waals surface area (Å²) in [5, 5.41) is 9.33. The number of halogens is 1. The second-order valence-electron chi connectivity index (χ2n) is 0.165. The Morgan fingerprint density at radius 3 is 2.00 bits per heavy atom. The van der Waals surface area contributed by atoms with Gasteiger partial charge in [0.15, 0.2) is 0 Å². The van der Waals surface area contributed by atoms with E-state index in [4.69, 9.17) is 5.21 Å². The lowest BCUT2D eigenvalue weighted by atomic mass is 13.1. The summed E-state index contributed by atoms with van der Waals surface area (Å²) in [6.45, 7) is 0. The quantitative estimate of drug-likeness (QED) is 0.342. The van der Waals surface area contributed by atoms with Gasteiger partial charge in [-0.1, -0.05) is 0 Å². The zero-order valence-electron chi connectivity index (χ0n) is 1.72. The first-order valence-corrected chi connectivity index (χ1v) is 0.907. The van der Waals surface area contributed by atoms with Crippen LogP contribution < -0.4 is 0 Å². The Morgan fingerprint density at radius 2 is 2.00 bits per heavy atom. The molecule has 0 saturated heterocycles. The molecule has 0 rings (SSSR count). The van der Waals surface area contributed by atoms with Crippen LogP contribution in [0.25, 0.3) is 0 Å². The molecule has 0 aliphatic heterocycles. The maximum absolute atomic E-state index is 7.20. The summed E-state index contributed by atoms with van der Waals surface area (Å²) in [6.07, 6.45) is 0. The van der Waals surface area contributed by atoms with Crippen molar-refractivity contribution in [1.29, 1.82) is 0 Å². The monoisotopic (exact) mass is 80.0 g/mol. The van der Waals surface area contributed by atoms with E-state index in [-0.39, 0.29) is 0 Å². The molecule has 0 fully saturated rings. The minimum Gasteiger partial charge on any atom is -0.394 e. The Bertz CT molecular complexity index is 21.2. The van der Waals surface area contributed by atoms with Crippen molar-refractivity contribution >= 4 is 11.8 Å². The van der Waals surface area contributed by atoms with Crippen LogP contribution in [0.2, 0.25) is 0 Å². The van der Waals surface area contributed by atoms with E-state index < -0.39 is 0 Å². The molecule has 0 saturated carbocycles.